The van der Waals surface area contributed by atoms with E-state index in [1.165, 1.54) is 17.0 Å². The Morgan fingerprint density at radius 2 is 1.86 bits per heavy atom. The molecule has 1 aliphatic rings. The summed E-state index contributed by atoms with van der Waals surface area (Å²) in [6.07, 6.45) is -1.73. The van der Waals surface area contributed by atoms with Gasteiger partial charge in [-0.25, -0.2) is 17.6 Å². The number of nitrogens with zero attached hydrogens (tertiary/aromatic N) is 2. The molecule has 0 bridgehead atoms. The average molecular weight is 495 g/mol. The fourth-order valence-corrected chi connectivity index (χ4v) is 5.01. The molecule has 0 aliphatic carbocycles. The Morgan fingerprint density at radius 1 is 1.14 bits per heavy atom. The molecular weight excluding hydrogens is 463 g/mol. The summed E-state index contributed by atoms with van der Waals surface area (Å²) in [6.45, 7) is 2.34. The minimum atomic E-state index is -2.65. The van der Waals surface area contributed by atoms with Crippen molar-refractivity contribution in [3.63, 3.8) is 0 Å². The second-order valence-corrected chi connectivity index (χ2v) is 9.14. The summed E-state index contributed by atoms with van der Waals surface area (Å²) in [6, 6.07) is 8.72. The SMILES string of the molecule is C[C@@H]1Cc2c([nH]c3ccccc23)[C@@H](c2c(F)cc(N(C)CCNCCCF)cc2F)N1CC(F)F. The first-order valence-corrected chi connectivity index (χ1v) is 11.9. The molecule has 1 aromatic heterocycles. The van der Waals surface area contributed by atoms with E-state index in [0.29, 0.717) is 43.9 Å². The second kappa shape index (κ2) is 11.0. The van der Waals surface area contributed by atoms with Crippen LogP contribution in [0.15, 0.2) is 36.4 Å². The van der Waals surface area contributed by atoms with E-state index in [1.807, 2.05) is 31.2 Å². The number of benzene rings is 2. The number of fused-ring (bicyclic) bond motifs is 3. The van der Waals surface area contributed by atoms with Gasteiger partial charge in [-0.05, 0) is 50.1 Å². The van der Waals surface area contributed by atoms with Crippen molar-refractivity contribution in [2.75, 3.05) is 44.8 Å². The Bertz CT molecular complexity index is 1120. The molecule has 0 saturated carbocycles. The number of hydrogen-bond donors (Lipinski definition) is 2. The molecule has 0 fully saturated rings. The molecule has 9 heteroatoms. The van der Waals surface area contributed by atoms with Crippen molar-refractivity contribution in [3.05, 3.63) is 64.9 Å². The molecule has 0 amide bonds. The lowest BCUT2D eigenvalue weighted by atomic mass is 9.88. The van der Waals surface area contributed by atoms with Gasteiger partial charge in [0.25, 0.3) is 6.43 Å². The highest BCUT2D eigenvalue weighted by atomic mass is 19.3. The number of nitrogens with one attached hydrogen (secondary N) is 2. The summed E-state index contributed by atoms with van der Waals surface area (Å²) >= 11 is 0. The Morgan fingerprint density at radius 3 is 2.54 bits per heavy atom. The predicted molar refractivity (Wildman–Crippen MR) is 129 cm³/mol. The third-order valence-electron chi connectivity index (χ3n) is 6.76. The van der Waals surface area contributed by atoms with Crippen molar-refractivity contribution in [2.45, 2.75) is 38.3 Å². The highest BCUT2D eigenvalue weighted by Crippen LogP contribution is 2.43. The molecule has 3 aromatic rings. The van der Waals surface area contributed by atoms with Gasteiger partial charge in [-0.3, -0.25) is 9.29 Å². The molecule has 0 unspecified atom stereocenters. The van der Waals surface area contributed by atoms with E-state index in [9.17, 15) is 13.2 Å². The summed E-state index contributed by atoms with van der Waals surface area (Å²) in [4.78, 5) is 6.45. The molecule has 2 atom stereocenters. The first kappa shape index (κ1) is 25.4. The van der Waals surface area contributed by atoms with E-state index in [1.54, 1.807) is 11.9 Å². The summed E-state index contributed by atoms with van der Waals surface area (Å²) in [5.74, 6) is -1.56. The van der Waals surface area contributed by atoms with Crippen LogP contribution >= 0.6 is 0 Å². The van der Waals surface area contributed by atoms with E-state index in [2.05, 4.69) is 10.3 Å². The number of para-hydroxylation sites is 1. The fourth-order valence-electron chi connectivity index (χ4n) is 5.01. The van der Waals surface area contributed by atoms with Gasteiger partial charge in [0.15, 0.2) is 0 Å². The molecule has 4 nitrogen and oxygen atoms in total. The van der Waals surface area contributed by atoms with Gasteiger partial charge in [-0.2, -0.15) is 0 Å². The molecule has 2 N–H and O–H groups in total. The first-order valence-electron chi connectivity index (χ1n) is 11.9. The molecular formula is C26H31F5N4. The van der Waals surface area contributed by atoms with Gasteiger partial charge < -0.3 is 15.2 Å². The molecule has 2 aromatic carbocycles. The van der Waals surface area contributed by atoms with Gasteiger partial charge in [0.2, 0.25) is 0 Å². The normalized spacial score (nSPS) is 18.4. The Labute approximate surface area is 202 Å². The largest absolute Gasteiger partial charge is 0.373 e. The monoisotopic (exact) mass is 494 g/mol. The Hall–Kier alpha value is -2.65. The molecule has 2 heterocycles. The predicted octanol–water partition coefficient (Wildman–Crippen LogP) is 5.43. The molecule has 0 spiro atoms. The second-order valence-electron chi connectivity index (χ2n) is 9.14. The van der Waals surface area contributed by atoms with Gasteiger partial charge in [0, 0.05) is 54.0 Å². The first-order chi connectivity index (χ1) is 16.8. The number of aromatic amines is 1. The molecule has 1 aliphatic heterocycles. The molecule has 4 rings (SSSR count). The lowest BCUT2D eigenvalue weighted by Gasteiger charge is -2.41. The van der Waals surface area contributed by atoms with Crippen molar-refractivity contribution in [2.24, 2.45) is 0 Å². The van der Waals surface area contributed by atoms with Crippen molar-refractivity contribution in [1.82, 2.24) is 15.2 Å². The highest BCUT2D eigenvalue weighted by molar-refractivity contribution is 5.85. The zero-order valence-electron chi connectivity index (χ0n) is 19.9. The third-order valence-corrected chi connectivity index (χ3v) is 6.76. The van der Waals surface area contributed by atoms with Crippen molar-refractivity contribution in [1.29, 1.82) is 0 Å². The maximum absolute atomic E-state index is 15.6. The van der Waals surface area contributed by atoms with E-state index in [4.69, 9.17) is 0 Å². The number of alkyl halides is 3. The smallest absolute Gasteiger partial charge is 0.251 e. The van der Waals surface area contributed by atoms with E-state index >= 15 is 8.78 Å². The van der Waals surface area contributed by atoms with E-state index in [-0.39, 0.29) is 11.6 Å². The number of H-pyrrole nitrogens is 1. The topological polar surface area (TPSA) is 34.3 Å². The van der Waals surface area contributed by atoms with Crippen LogP contribution in [0.25, 0.3) is 10.9 Å². The van der Waals surface area contributed by atoms with Crippen LogP contribution in [0.3, 0.4) is 0 Å². The Balaban J connectivity index is 1.71. The summed E-state index contributed by atoms with van der Waals surface area (Å²) in [5.41, 5.74) is 2.38. The van der Waals surface area contributed by atoms with Crippen molar-refractivity contribution >= 4 is 16.6 Å². The summed E-state index contributed by atoms with van der Waals surface area (Å²) < 4.78 is 70.5. The molecule has 0 radical (unpaired) electrons. The van der Waals surface area contributed by atoms with Gasteiger partial charge in [0.05, 0.1) is 19.3 Å². The quantitative estimate of drug-likeness (QED) is 0.291. The minimum absolute atomic E-state index is 0.233. The highest BCUT2D eigenvalue weighted by Gasteiger charge is 2.39. The molecule has 190 valence electrons. The third kappa shape index (κ3) is 5.30. The number of anilines is 1. The lowest BCUT2D eigenvalue weighted by Crippen LogP contribution is -2.45. The van der Waals surface area contributed by atoms with Gasteiger partial charge in [-0.15, -0.1) is 0 Å². The number of halogens is 5. The molecule has 35 heavy (non-hydrogen) atoms. The van der Waals surface area contributed by atoms with Crippen molar-refractivity contribution < 1.29 is 22.0 Å². The van der Waals surface area contributed by atoms with Gasteiger partial charge in [-0.1, -0.05) is 18.2 Å². The number of likely N-dealkylation sites (N-methyl/N-ethyl adjacent to an activating group) is 1. The van der Waals surface area contributed by atoms with Crippen LogP contribution in [-0.2, 0) is 6.42 Å². The van der Waals surface area contributed by atoms with Crippen LogP contribution < -0.4 is 10.2 Å². The van der Waals surface area contributed by atoms with Crippen LogP contribution in [0.5, 0.6) is 0 Å². The fraction of sp³-hybridized carbons (Fsp3) is 0.462. The van der Waals surface area contributed by atoms with Crippen molar-refractivity contribution in [3.8, 4) is 0 Å². The maximum Gasteiger partial charge on any atom is 0.251 e. The average Bonchev–Trinajstić information content (AvgIpc) is 3.18. The number of rotatable bonds is 10. The summed E-state index contributed by atoms with van der Waals surface area (Å²) in [7, 11) is 1.71. The minimum Gasteiger partial charge on any atom is -0.373 e. The van der Waals surface area contributed by atoms with E-state index in [0.717, 1.165) is 16.5 Å². The van der Waals surface area contributed by atoms with Crippen LogP contribution in [0, 0.1) is 11.6 Å². The Kier molecular flexibility index (Phi) is 7.96. The zero-order valence-corrected chi connectivity index (χ0v) is 19.9. The van der Waals surface area contributed by atoms with Crippen LogP contribution in [0.4, 0.5) is 27.6 Å². The maximum atomic E-state index is 15.6. The number of aromatic nitrogens is 1. The van der Waals surface area contributed by atoms with Crippen LogP contribution in [0.1, 0.15) is 36.2 Å². The van der Waals surface area contributed by atoms with Crippen LogP contribution in [0.2, 0.25) is 0 Å². The standard InChI is InChI=1S/C26H31F5N4/c1-16-12-19-18-6-3-4-7-22(18)33-25(19)26(35(16)15-23(30)31)24-20(28)13-17(14-21(24)29)34(2)11-10-32-9-5-8-27/h3-4,6-7,13-14,16,23,26,32-33H,5,8-12,15H2,1-2H3/t16-,26-/m1/s1. The van der Waals surface area contributed by atoms with E-state index < -0.39 is 37.3 Å². The number of hydrogen-bond acceptors (Lipinski definition) is 3. The van der Waals surface area contributed by atoms with Gasteiger partial charge in [0.1, 0.15) is 11.6 Å². The lowest BCUT2D eigenvalue weighted by molar-refractivity contribution is 0.0438. The molecule has 0 saturated heterocycles. The summed E-state index contributed by atoms with van der Waals surface area (Å²) in [5, 5.41) is 4.02. The van der Waals surface area contributed by atoms with Gasteiger partial charge >= 0.3 is 0 Å². The zero-order chi connectivity index (χ0) is 25.1. The van der Waals surface area contributed by atoms with Crippen LogP contribution in [-0.4, -0.2) is 62.3 Å².